The second-order valence-electron chi connectivity index (χ2n) is 12.9. The van der Waals surface area contributed by atoms with E-state index in [9.17, 15) is 4.79 Å². The Morgan fingerprint density at radius 2 is 1.71 bits per heavy atom. The van der Waals surface area contributed by atoms with Crippen LogP contribution in [0.4, 0.5) is 0 Å². The van der Waals surface area contributed by atoms with Gasteiger partial charge >= 0.3 is 0 Å². The molecule has 2 aliphatic rings. The lowest BCUT2D eigenvalue weighted by Crippen LogP contribution is -2.44. The van der Waals surface area contributed by atoms with E-state index in [2.05, 4.69) is 52.7 Å². The number of carbonyl (C=O) groups is 1. The number of nitrogens with zero attached hydrogens (tertiary/aromatic N) is 1. The van der Waals surface area contributed by atoms with Crippen LogP contribution in [0.1, 0.15) is 75.7 Å². The first-order chi connectivity index (χ1) is 17.6. The molecule has 1 saturated heterocycles. The van der Waals surface area contributed by atoms with Crippen molar-refractivity contribution in [1.29, 1.82) is 0 Å². The molecule has 0 radical (unpaired) electrons. The number of benzene rings is 1. The van der Waals surface area contributed by atoms with Gasteiger partial charge in [0.1, 0.15) is 35.9 Å². The maximum absolute atomic E-state index is 13.5. The van der Waals surface area contributed by atoms with Gasteiger partial charge in [-0.3, -0.25) is 9.78 Å². The second kappa shape index (κ2) is 9.01. The van der Waals surface area contributed by atoms with Gasteiger partial charge in [0.25, 0.3) is 0 Å². The normalized spacial score (nSPS) is 22.4. The van der Waals surface area contributed by atoms with E-state index in [4.69, 9.17) is 23.1 Å². The largest absolute Gasteiger partial charge is 0.491 e. The molecule has 1 aliphatic heterocycles. The lowest BCUT2D eigenvalue weighted by Gasteiger charge is -2.37. The van der Waals surface area contributed by atoms with E-state index < -0.39 is 19.5 Å². The van der Waals surface area contributed by atoms with E-state index in [0.29, 0.717) is 41.4 Å². The van der Waals surface area contributed by atoms with Crippen molar-refractivity contribution in [3.05, 3.63) is 59.1 Å². The molecule has 2 aromatic heterocycles. The van der Waals surface area contributed by atoms with Gasteiger partial charge in [-0.15, -0.1) is 0 Å². The molecule has 0 unspecified atom stereocenters. The molecule has 1 aliphatic carbocycles. The molecule has 2 atom stereocenters. The number of pyridine rings is 1. The highest BCUT2D eigenvalue weighted by molar-refractivity contribution is 6.74. The molecule has 1 aromatic carbocycles. The van der Waals surface area contributed by atoms with E-state index in [-0.39, 0.29) is 23.0 Å². The van der Waals surface area contributed by atoms with Gasteiger partial charge in [-0.25, -0.2) is 0 Å². The predicted molar refractivity (Wildman–Crippen MR) is 148 cm³/mol. The zero-order valence-electron chi connectivity index (χ0n) is 23.9. The summed E-state index contributed by atoms with van der Waals surface area (Å²) in [5.74, 6) is 0.562. The van der Waals surface area contributed by atoms with Crippen LogP contribution in [0.2, 0.25) is 18.1 Å². The SMILES string of the molecule is CC1(C)O[C@H](COc2ccc3c(c2)C(C)(C)c2oc4ccncc4c2C3=O)[C@@H](CO[Si](C)(C)C(C)(C)C)O1. The number of ketones is 1. The minimum Gasteiger partial charge on any atom is -0.491 e. The molecule has 0 bridgehead atoms. The Morgan fingerprint density at radius 3 is 2.39 bits per heavy atom. The van der Waals surface area contributed by atoms with Crippen LogP contribution in [0.5, 0.6) is 5.75 Å². The molecule has 3 aromatic rings. The number of rotatable bonds is 6. The van der Waals surface area contributed by atoms with E-state index in [1.54, 1.807) is 18.5 Å². The molecular weight excluding hydrogens is 498 g/mol. The Kier molecular flexibility index (Phi) is 6.42. The number of aromatic nitrogens is 1. The Bertz CT molecular complexity index is 1380. The fourth-order valence-electron chi connectivity index (χ4n) is 5.07. The Balaban J connectivity index is 1.36. The van der Waals surface area contributed by atoms with Crippen molar-refractivity contribution in [2.45, 2.75) is 90.0 Å². The van der Waals surface area contributed by atoms with E-state index in [0.717, 1.165) is 10.9 Å². The maximum Gasteiger partial charge on any atom is 0.197 e. The summed E-state index contributed by atoms with van der Waals surface area (Å²) in [6.45, 7) is 19.9. The lowest BCUT2D eigenvalue weighted by atomic mass is 9.72. The second-order valence-corrected chi connectivity index (χ2v) is 17.7. The monoisotopic (exact) mass is 537 g/mol. The molecule has 0 spiro atoms. The van der Waals surface area contributed by atoms with E-state index >= 15 is 0 Å². The minimum atomic E-state index is -1.94. The first kappa shape index (κ1) is 27.1. The zero-order valence-corrected chi connectivity index (χ0v) is 24.9. The maximum atomic E-state index is 13.5. The van der Waals surface area contributed by atoms with Crippen LogP contribution < -0.4 is 4.74 Å². The van der Waals surface area contributed by atoms with Crippen LogP contribution in [0, 0.1) is 0 Å². The average molecular weight is 538 g/mol. The Morgan fingerprint density at radius 1 is 1.03 bits per heavy atom. The smallest absolute Gasteiger partial charge is 0.197 e. The van der Waals surface area contributed by atoms with Crippen molar-refractivity contribution < 1.29 is 27.8 Å². The molecule has 204 valence electrons. The van der Waals surface area contributed by atoms with Gasteiger partial charge in [0.15, 0.2) is 19.9 Å². The van der Waals surface area contributed by atoms with Gasteiger partial charge in [0.2, 0.25) is 0 Å². The zero-order chi connectivity index (χ0) is 27.7. The first-order valence-electron chi connectivity index (χ1n) is 13.3. The van der Waals surface area contributed by atoms with Gasteiger partial charge in [-0.2, -0.15) is 0 Å². The third kappa shape index (κ3) is 4.61. The van der Waals surface area contributed by atoms with Crippen molar-refractivity contribution in [3.63, 3.8) is 0 Å². The highest BCUT2D eigenvalue weighted by Gasteiger charge is 2.45. The summed E-state index contributed by atoms with van der Waals surface area (Å²) in [6.07, 6.45) is 2.86. The number of carbonyl (C=O) groups excluding carboxylic acids is 1. The Labute approximate surface area is 225 Å². The molecule has 0 N–H and O–H groups in total. The highest BCUT2D eigenvalue weighted by Crippen LogP contribution is 2.46. The fraction of sp³-hybridized carbons (Fsp3) is 0.533. The van der Waals surface area contributed by atoms with E-state index in [1.807, 2.05) is 32.0 Å². The number of hydrogen-bond donors (Lipinski definition) is 0. The third-order valence-corrected chi connectivity index (χ3v) is 12.8. The first-order valence-corrected chi connectivity index (χ1v) is 16.2. The topological polar surface area (TPSA) is 80.0 Å². The van der Waals surface area contributed by atoms with Crippen molar-refractivity contribution in [3.8, 4) is 5.75 Å². The average Bonchev–Trinajstić information content (AvgIpc) is 3.37. The number of hydrogen-bond acceptors (Lipinski definition) is 7. The standard InChI is InChI=1S/C30H39NO6Si/c1-28(2,3)38(8,9)34-17-24-23(36-30(6,7)37-24)16-33-18-10-11-19-21(14-18)29(4,5)27-25(26(19)32)20-15-31-13-12-22(20)35-27/h10-15,23-24H,16-17H2,1-9H3/t23-,24-/m1/s1. The van der Waals surface area contributed by atoms with Crippen LogP contribution >= 0.6 is 0 Å². The number of fused-ring (bicyclic) bond motifs is 4. The third-order valence-electron chi connectivity index (χ3n) is 8.31. The molecule has 5 rings (SSSR count). The van der Waals surface area contributed by atoms with Crippen LogP contribution in [0.25, 0.3) is 11.0 Å². The molecule has 1 fully saturated rings. The summed E-state index contributed by atoms with van der Waals surface area (Å²) in [5.41, 5.74) is 2.28. The fourth-order valence-corrected chi connectivity index (χ4v) is 6.08. The Hall–Kier alpha value is -2.52. The van der Waals surface area contributed by atoms with Crippen molar-refractivity contribution >= 4 is 25.1 Å². The van der Waals surface area contributed by atoms with Gasteiger partial charge in [0, 0.05) is 23.4 Å². The quantitative estimate of drug-likeness (QED) is 0.327. The summed E-state index contributed by atoms with van der Waals surface area (Å²) in [6, 6.07) is 7.44. The summed E-state index contributed by atoms with van der Waals surface area (Å²) >= 11 is 0. The lowest BCUT2D eigenvalue weighted by molar-refractivity contribution is -0.150. The van der Waals surface area contributed by atoms with Gasteiger partial charge in [-0.1, -0.05) is 20.8 Å². The highest BCUT2D eigenvalue weighted by atomic mass is 28.4. The molecule has 7 nitrogen and oxygen atoms in total. The molecule has 0 amide bonds. The minimum absolute atomic E-state index is 0.0512. The summed E-state index contributed by atoms with van der Waals surface area (Å²) < 4.78 is 31.3. The van der Waals surface area contributed by atoms with Gasteiger partial charge in [0.05, 0.1) is 17.6 Å². The summed E-state index contributed by atoms with van der Waals surface area (Å²) in [4.78, 5) is 17.7. The van der Waals surface area contributed by atoms with E-state index in [1.165, 1.54) is 0 Å². The van der Waals surface area contributed by atoms with Crippen molar-refractivity contribution in [2.24, 2.45) is 0 Å². The molecular formula is C30H39NO6Si. The van der Waals surface area contributed by atoms with Crippen LogP contribution in [0.15, 0.2) is 41.1 Å². The summed E-state index contributed by atoms with van der Waals surface area (Å²) in [7, 11) is -1.94. The van der Waals surface area contributed by atoms with Crippen molar-refractivity contribution in [2.75, 3.05) is 13.2 Å². The molecule has 0 saturated carbocycles. The number of ether oxygens (including phenoxy) is 3. The molecule has 8 heteroatoms. The van der Waals surface area contributed by atoms with Gasteiger partial charge < -0.3 is 23.1 Å². The van der Waals surface area contributed by atoms with Gasteiger partial charge in [-0.05, 0) is 75.7 Å². The van der Waals surface area contributed by atoms with Crippen molar-refractivity contribution in [1.82, 2.24) is 4.98 Å². The molecule has 38 heavy (non-hydrogen) atoms. The predicted octanol–water partition coefficient (Wildman–Crippen LogP) is 6.62. The van der Waals surface area contributed by atoms with Crippen LogP contribution in [0.3, 0.4) is 0 Å². The van der Waals surface area contributed by atoms with Crippen LogP contribution in [-0.2, 0) is 19.3 Å². The number of furan rings is 1. The summed E-state index contributed by atoms with van der Waals surface area (Å²) in [5, 5.41) is 0.857. The van der Waals surface area contributed by atoms with Crippen LogP contribution in [-0.4, -0.2) is 50.3 Å². The molecule has 3 heterocycles.